The molecule has 1 heterocycles. The molecule has 1 aromatic heterocycles. The number of anilines is 1. The first-order chi connectivity index (χ1) is 13.6. The Morgan fingerprint density at radius 3 is 2.48 bits per heavy atom. The Kier molecular flexibility index (Phi) is 7.75. The van der Waals surface area contributed by atoms with Gasteiger partial charge in [0, 0.05) is 5.02 Å². The summed E-state index contributed by atoms with van der Waals surface area (Å²) in [5.74, 6) is -1.96. The fourth-order valence-corrected chi connectivity index (χ4v) is 4.40. The Hall–Kier alpha value is -2.45. The quantitative estimate of drug-likeness (QED) is 0.589. The molecule has 0 radical (unpaired) electrons. The molecule has 0 bridgehead atoms. The molecule has 154 valence electrons. The number of esters is 1. The second kappa shape index (κ2) is 9.84. The molecule has 0 fully saturated rings. The van der Waals surface area contributed by atoms with Crippen LogP contribution >= 0.6 is 22.9 Å². The van der Waals surface area contributed by atoms with Crippen LogP contribution in [0.4, 0.5) is 5.00 Å². The van der Waals surface area contributed by atoms with Gasteiger partial charge < -0.3 is 10.1 Å². The topological polar surface area (TPSA) is 125 Å². The number of halogens is 1. The van der Waals surface area contributed by atoms with Crippen molar-refractivity contribution in [2.75, 3.05) is 11.9 Å². The molecular weight excluding hydrogens is 438 g/mol. The molecule has 0 aliphatic rings. The van der Waals surface area contributed by atoms with Crippen LogP contribution in [-0.4, -0.2) is 32.9 Å². The Balaban J connectivity index is 2.01. The van der Waals surface area contributed by atoms with E-state index < -0.39 is 40.5 Å². The molecule has 29 heavy (non-hydrogen) atoms. The normalized spacial score (nSPS) is 12.2. The van der Waals surface area contributed by atoms with E-state index in [9.17, 15) is 18.0 Å². The molecule has 2 aromatic rings. The minimum Gasteiger partial charge on any atom is -0.454 e. The highest BCUT2D eigenvalue weighted by Crippen LogP contribution is 2.22. The number of benzene rings is 1. The van der Waals surface area contributed by atoms with Gasteiger partial charge in [-0.05, 0) is 41.6 Å². The smallest absolute Gasteiger partial charge is 0.324 e. The highest BCUT2D eigenvalue weighted by molar-refractivity contribution is 7.89. The van der Waals surface area contributed by atoms with Gasteiger partial charge in [-0.25, -0.2) is 8.42 Å². The molecule has 0 aliphatic heterocycles. The van der Waals surface area contributed by atoms with Gasteiger partial charge in [0.15, 0.2) is 6.61 Å². The maximum absolute atomic E-state index is 12.5. The third kappa shape index (κ3) is 6.27. The molecule has 1 atom stereocenters. The summed E-state index contributed by atoms with van der Waals surface area (Å²) < 4.78 is 32.3. The monoisotopic (exact) mass is 455 g/mol. The van der Waals surface area contributed by atoms with Crippen LogP contribution in [0.25, 0.3) is 0 Å². The van der Waals surface area contributed by atoms with E-state index in [1.54, 1.807) is 25.3 Å². The molecule has 1 amide bonds. The maximum atomic E-state index is 12.5. The van der Waals surface area contributed by atoms with E-state index in [2.05, 4.69) is 10.0 Å². The summed E-state index contributed by atoms with van der Waals surface area (Å²) in [5, 5.41) is 13.8. The summed E-state index contributed by atoms with van der Waals surface area (Å²) in [5.41, 5.74) is 0.297. The average Bonchev–Trinajstić information content (AvgIpc) is 3.11. The molecule has 1 unspecified atom stereocenters. The van der Waals surface area contributed by atoms with E-state index in [0.29, 0.717) is 15.6 Å². The first-order valence-electron chi connectivity index (χ1n) is 8.36. The zero-order valence-electron chi connectivity index (χ0n) is 15.5. The number of hydrogen-bond acceptors (Lipinski definition) is 7. The summed E-state index contributed by atoms with van der Waals surface area (Å²) in [4.78, 5) is 24.3. The van der Waals surface area contributed by atoms with Crippen LogP contribution in [-0.2, 0) is 24.3 Å². The molecule has 1 aromatic carbocycles. The fourth-order valence-electron chi connectivity index (χ4n) is 2.19. The van der Waals surface area contributed by atoms with Crippen LogP contribution in [0.15, 0.2) is 40.6 Å². The molecule has 0 saturated heterocycles. The first kappa shape index (κ1) is 22.8. The van der Waals surface area contributed by atoms with Crippen LogP contribution in [0.1, 0.15) is 19.4 Å². The highest BCUT2D eigenvalue weighted by Gasteiger charge is 2.30. The van der Waals surface area contributed by atoms with Gasteiger partial charge in [-0.15, -0.1) is 11.3 Å². The summed E-state index contributed by atoms with van der Waals surface area (Å²) in [6, 6.07) is 7.75. The highest BCUT2D eigenvalue weighted by atomic mass is 35.5. The molecule has 2 N–H and O–H groups in total. The number of carbonyl (C=O) groups is 2. The van der Waals surface area contributed by atoms with Crippen LogP contribution in [0, 0.1) is 17.2 Å². The zero-order valence-corrected chi connectivity index (χ0v) is 17.9. The van der Waals surface area contributed by atoms with E-state index in [1.807, 2.05) is 6.07 Å². The van der Waals surface area contributed by atoms with Crippen molar-refractivity contribution in [2.24, 2.45) is 5.92 Å². The van der Waals surface area contributed by atoms with Crippen LogP contribution in [0.5, 0.6) is 0 Å². The van der Waals surface area contributed by atoms with Gasteiger partial charge >= 0.3 is 5.97 Å². The Bertz CT molecular complexity index is 1030. The second-order valence-electron chi connectivity index (χ2n) is 6.23. The van der Waals surface area contributed by atoms with Crippen LogP contribution in [0.3, 0.4) is 0 Å². The Morgan fingerprint density at radius 1 is 1.24 bits per heavy atom. The zero-order chi connectivity index (χ0) is 21.6. The van der Waals surface area contributed by atoms with Crippen molar-refractivity contribution in [3.63, 3.8) is 0 Å². The minimum atomic E-state index is -4.00. The lowest BCUT2D eigenvalue weighted by Crippen LogP contribution is -2.45. The molecule has 2 rings (SSSR count). The van der Waals surface area contributed by atoms with Gasteiger partial charge in [-0.1, -0.05) is 25.4 Å². The van der Waals surface area contributed by atoms with Crippen molar-refractivity contribution in [3.8, 4) is 6.07 Å². The van der Waals surface area contributed by atoms with E-state index in [1.165, 1.54) is 24.3 Å². The lowest BCUT2D eigenvalue weighted by molar-refractivity contribution is -0.150. The number of sulfonamides is 1. The van der Waals surface area contributed by atoms with Crippen molar-refractivity contribution < 1.29 is 22.7 Å². The maximum Gasteiger partial charge on any atom is 0.324 e. The fraction of sp³-hybridized carbons (Fsp3) is 0.278. The largest absolute Gasteiger partial charge is 0.454 e. The molecule has 8 nitrogen and oxygen atoms in total. The number of thiophene rings is 1. The summed E-state index contributed by atoms with van der Waals surface area (Å²) >= 11 is 6.92. The predicted octanol–water partition coefficient (Wildman–Crippen LogP) is 2.76. The lowest BCUT2D eigenvalue weighted by atomic mass is 10.1. The second-order valence-corrected chi connectivity index (χ2v) is 9.29. The number of nitriles is 1. The van der Waals surface area contributed by atoms with Gasteiger partial charge in [0.1, 0.15) is 17.1 Å². The summed E-state index contributed by atoms with van der Waals surface area (Å²) in [6.45, 7) is 2.66. The van der Waals surface area contributed by atoms with E-state index in [-0.39, 0.29) is 4.90 Å². The Morgan fingerprint density at radius 2 is 1.90 bits per heavy atom. The SMILES string of the molecule is CC(C)C(NS(=O)(=O)c1ccc(Cl)cc1)C(=O)OCC(=O)Nc1sccc1C#N. The third-order valence-corrected chi connectivity index (χ3v) is 6.25. The van der Waals surface area contributed by atoms with Crippen LogP contribution in [0.2, 0.25) is 5.02 Å². The number of nitrogens with zero attached hydrogens (tertiary/aromatic N) is 1. The predicted molar refractivity (Wildman–Crippen MR) is 109 cm³/mol. The lowest BCUT2D eigenvalue weighted by Gasteiger charge is -2.20. The minimum absolute atomic E-state index is 0.0557. The van der Waals surface area contributed by atoms with Crippen molar-refractivity contribution >= 4 is 49.8 Å². The molecule has 0 spiro atoms. The number of ether oxygens (including phenoxy) is 1. The van der Waals surface area contributed by atoms with Crippen molar-refractivity contribution in [1.29, 1.82) is 5.26 Å². The van der Waals surface area contributed by atoms with Gasteiger partial charge in [-0.3, -0.25) is 9.59 Å². The number of nitrogens with one attached hydrogen (secondary N) is 2. The average molecular weight is 456 g/mol. The molecular formula is C18H18ClN3O5S2. The summed E-state index contributed by atoms with van der Waals surface area (Å²) in [7, 11) is -4.00. The van der Waals surface area contributed by atoms with Gasteiger partial charge in [0.2, 0.25) is 10.0 Å². The van der Waals surface area contributed by atoms with Crippen molar-refractivity contribution in [1.82, 2.24) is 4.72 Å². The molecule has 11 heteroatoms. The number of rotatable bonds is 8. The van der Waals surface area contributed by atoms with Crippen molar-refractivity contribution in [3.05, 3.63) is 46.3 Å². The van der Waals surface area contributed by atoms with Gasteiger partial charge in [-0.2, -0.15) is 9.98 Å². The molecule has 0 aliphatic carbocycles. The summed E-state index contributed by atoms with van der Waals surface area (Å²) in [6.07, 6.45) is 0. The van der Waals surface area contributed by atoms with E-state index in [0.717, 1.165) is 11.3 Å². The first-order valence-corrected chi connectivity index (χ1v) is 11.1. The standard InChI is InChI=1S/C18H18ClN3O5S2/c1-11(2)16(22-29(25,26)14-5-3-13(19)4-6-14)18(24)27-10-15(23)21-17-12(9-20)7-8-28-17/h3-8,11,16,22H,10H2,1-2H3,(H,21,23). The Labute approximate surface area is 177 Å². The van der Waals surface area contributed by atoms with Crippen LogP contribution < -0.4 is 10.0 Å². The number of amides is 1. The van der Waals surface area contributed by atoms with Gasteiger partial charge in [0.05, 0.1) is 10.5 Å². The molecule has 0 saturated carbocycles. The van der Waals surface area contributed by atoms with E-state index in [4.69, 9.17) is 21.6 Å². The van der Waals surface area contributed by atoms with Gasteiger partial charge in [0.25, 0.3) is 5.91 Å². The third-order valence-electron chi connectivity index (χ3n) is 3.71. The van der Waals surface area contributed by atoms with E-state index >= 15 is 0 Å². The number of hydrogen-bond donors (Lipinski definition) is 2. The number of carbonyl (C=O) groups excluding carboxylic acids is 2. The van der Waals surface area contributed by atoms with Crippen molar-refractivity contribution in [2.45, 2.75) is 24.8 Å².